The first kappa shape index (κ1) is 11.9. The number of nitrogens with zero attached hydrogens (tertiary/aromatic N) is 1. The molecule has 1 spiro atoms. The highest BCUT2D eigenvalue weighted by Crippen LogP contribution is 2.47. The monoisotopic (exact) mass is 225 g/mol. The van der Waals surface area contributed by atoms with Crippen LogP contribution < -0.4 is 11.5 Å². The fourth-order valence-electron chi connectivity index (χ4n) is 3.31. The van der Waals surface area contributed by atoms with Gasteiger partial charge in [0.25, 0.3) is 0 Å². The molecule has 1 aliphatic heterocycles. The van der Waals surface area contributed by atoms with Gasteiger partial charge >= 0.3 is 0 Å². The van der Waals surface area contributed by atoms with Gasteiger partial charge in [0.15, 0.2) is 0 Å². The number of carbonyl (C=O) groups is 1. The summed E-state index contributed by atoms with van der Waals surface area (Å²) in [5.41, 5.74) is 11.7. The second-order valence-electron chi connectivity index (χ2n) is 5.64. The molecule has 2 rings (SSSR count). The molecule has 92 valence electrons. The maximum atomic E-state index is 11.8. The van der Waals surface area contributed by atoms with E-state index in [1.165, 1.54) is 19.3 Å². The summed E-state index contributed by atoms with van der Waals surface area (Å²) < 4.78 is 0. The Labute approximate surface area is 97.3 Å². The number of hydrogen-bond acceptors (Lipinski definition) is 3. The van der Waals surface area contributed by atoms with Gasteiger partial charge in [0.1, 0.15) is 0 Å². The maximum absolute atomic E-state index is 11.8. The molecule has 1 aliphatic carbocycles. The van der Waals surface area contributed by atoms with E-state index in [1.54, 1.807) is 6.92 Å². The van der Waals surface area contributed by atoms with Crippen molar-refractivity contribution in [2.75, 3.05) is 19.6 Å². The zero-order chi connectivity index (χ0) is 11.8. The molecule has 4 nitrogen and oxygen atoms in total. The van der Waals surface area contributed by atoms with Gasteiger partial charge in [0.05, 0.1) is 6.04 Å². The van der Waals surface area contributed by atoms with Gasteiger partial charge in [-0.1, -0.05) is 0 Å². The molecule has 1 heterocycles. The Morgan fingerprint density at radius 3 is 2.88 bits per heavy atom. The zero-order valence-corrected chi connectivity index (χ0v) is 10.1. The van der Waals surface area contributed by atoms with Crippen molar-refractivity contribution in [2.45, 2.75) is 38.6 Å². The lowest BCUT2D eigenvalue weighted by molar-refractivity contribution is -0.131. The number of likely N-dealkylation sites (tertiary alicyclic amines) is 1. The van der Waals surface area contributed by atoms with Crippen LogP contribution in [0.25, 0.3) is 0 Å². The molecule has 16 heavy (non-hydrogen) atoms. The minimum absolute atomic E-state index is 0.105. The molecule has 1 saturated heterocycles. The van der Waals surface area contributed by atoms with Gasteiger partial charge in [-0.25, -0.2) is 0 Å². The minimum atomic E-state index is -0.359. The van der Waals surface area contributed by atoms with Crippen LogP contribution in [0.4, 0.5) is 0 Å². The Balaban J connectivity index is 1.95. The third-order valence-corrected chi connectivity index (χ3v) is 4.28. The number of rotatable bonds is 2. The van der Waals surface area contributed by atoms with Crippen LogP contribution in [0.3, 0.4) is 0 Å². The van der Waals surface area contributed by atoms with Gasteiger partial charge in [-0.3, -0.25) is 4.79 Å². The SMILES string of the molecule is C[C@H](N)C(=O)N1CC[C@@]2(CC[C@H](CN)C2)C1. The van der Waals surface area contributed by atoms with Crippen LogP contribution in [0.15, 0.2) is 0 Å². The second-order valence-corrected chi connectivity index (χ2v) is 5.64. The number of carbonyl (C=O) groups excluding carboxylic acids is 1. The molecule has 3 atom stereocenters. The Morgan fingerprint density at radius 1 is 1.56 bits per heavy atom. The largest absolute Gasteiger partial charge is 0.341 e. The first-order valence-electron chi connectivity index (χ1n) is 6.31. The quantitative estimate of drug-likeness (QED) is 0.710. The van der Waals surface area contributed by atoms with Crippen molar-refractivity contribution in [1.82, 2.24) is 4.90 Å². The van der Waals surface area contributed by atoms with E-state index >= 15 is 0 Å². The first-order valence-corrected chi connectivity index (χ1v) is 6.31. The smallest absolute Gasteiger partial charge is 0.239 e. The number of amides is 1. The van der Waals surface area contributed by atoms with E-state index in [2.05, 4.69) is 0 Å². The van der Waals surface area contributed by atoms with Crippen molar-refractivity contribution in [3.8, 4) is 0 Å². The summed E-state index contributed by atoms with van der Waals surface area (Å²) in [4.78, 5) is 13.8. The fraction of sp³-hybridized carbons (Fsp3) is 0.917. The standard InChI is InChI=1S/C12H23N3O/c1-9(14)11(16)15-5-4-12(8-15)3-2-10(6-12)7-13/h9-10H,2-8,13-14H2,1H3/t9-,10-,12+/m0/s1. The van der Waals surface area contributed by atoms with Crippen LogP contribution in [-0.2, 0) is 4.79 Å². The molecule has 1 saturated carbocycles. The Hall–Kier alpha value is -0.610. The molecule has 4 heteroatoms. The predicted molar refractivity (Wildman–Crippen MR) is 63.7 cm³/mol. The van der Waals surface area contributed by atoms with E-state index in [0.717, 1.165) is 26.1 Å². The third-order valence-electron chi connectivity index (χ3n) is 4.28. The number of hydrogen-bond donors (Lipinski definition) is 2. The minimum Gasteiger partial charge on any atom is -0.341 e. The van der Waals surface area contributed by atoms with Gasteiger partial charge in [-0.05, 0) is 50.5 Å². The van der Waals surface area contributed by atoms with Crippen molar-refractivity contribution in [1.29, 1.82) is 0 Å². The van der Waals surface area contributed by atoms with Gasteiger partial charge in [0, 0.05) is 13.1 Å². The predicted octanol–water partition coefficient (Wildman–Crippen LogP) is 0.311. The maximum Gasteiger partial charge on any atom is 0.239 e. The highest BCUT2D eigenvalue weighted by Gasteiger charge is 2.44. The lowest BCUT2D eigenvalue weighted by Crippen LogP contribution is -2.41. The summed E-state index contributed by atoms with van der Waals surface area (Å²) in [6.45, 7) is 4.36. The average Bonchev–Trinajstić information content (AvgIpc) is 2.85. The van der Waals surface area contributed by atoms with Gasteiger partial charge in [0.2, 0.25) is 5.91 Å². The normalized spacial score (nSPS) is 35.9. The molecule has 0 aromatic heterocycles. The van der Waals surface area contributed by atoms with Crippen molar-refractivity contribution in [3.05, 3.63) is 0 Å². The zero-order valence-electron chi connectivity index (χ0n) is 10.1. The lowest BCUT2D eigenvalue weighted by atomic mass is 9.84. The summed E-state index contributed by atoms with van der Waals surface area (Å²) in [6.07, 6.45) is 4.81. The Bertz CT molecular complexity index is 279. The summed E-state index contributed by atoms with van der Waals surface area (Å²) in [7, 11) is 0. The molecular formula is C12H23N3O. The van der Waals surface area contributed by atoms with Gasteiger partial charge in [-0.2, -0.15) is 0 Å². The number of nitrogens with two attached hydrogens (primary N) is 2. The highest BCUT2D eigenvalue weighted by atomic mass is 16.2. The topological polar surface area (TPSA) is 72.4 Å². The van der Waals surface area contributed by atoms with E-state index in [-0.39, 0.29) is 11.9 Å². The summed E-state index contributed by atoms with van der Waals surface area (Å²) in [5, 5.41) is 0. The molecule has 0 radical (unpaired) electrons. The summed E-state index contributed by atoms with van der Waals surface area (Å²) in [5.74, 6) is 0.776. The van der Waals surface area contributed by atoms with E-state index < -0.39 is 0 Å². The highest BCUT2D eigenvalue weighted by molar-refractivity contribution is 5.81. The lowest BCUT2D eigenvalue weighted by Gasteiger charge is -2.25. The Morgan fingerprint density at radius 2 is 2.31 bits per heavy atom. The summed E-state index contributed by atoms with van der Waals surface area (Å²) >= 11 is 0. The molecule has 0 aromatic carbocycles. The van der Waals surface area contributed by atoms with Gasteiger partial charge in [-0.15, -0.1) is 0 Å². The Kier molecular flexibility index (Phi) is 3.22. The van der Waals surface area contributed by atoms with E-state index in [9.17, 15) is 4.79 Å². The van der Waals surface area contributed by atoms with Crippen LogP contribution in [-0.4, -0.2) is 36.5 Å². The van der Waals surface area contributed by atoms with Crippen LogP contribution in [0, 0.1) is 11.3 Å². The van der Waals surface area contributed by atoms with Gasteiger partial charge < -0.3 is 16.4 Å². The molecule has 2 fully saturated rings. The average molecular weight is 225 g/mol. The van der Waals surface area contributed by atoms with E-state index in [0.29, 0.717) is 11.3 Å². The molecular weight excluding hydrogens is 202 g/mol. The molecule has 2 aliphatic rings. The van der Waals surface area contributed by atoms with Crippen molar-refractivity contribution < 1.29 is 4.79 Å². The molecule has 0 bridgehead atoms. The molecule has 0 aromatic rings. The molecule has 4 N–H and O–H groups in total. The van der Waals surface area contributed by atoms with E-state index in [1.807, 2.05) is 4.90 Å². The van der Waals surface area contributed by atoms with Crippen molar-refractivity contribution in [2.24, 2.45) is 22.8 Å². The van der Waals surface area contributed by atoms with Crippen LogP contribution in [0.1, 0.15) is 32.6 Å². The molecule has 1 amide bonds. The van der Waals surface area contributed by atoms with Crippen molar-refractivity contribution in [3.63, 3.8) is 0 Å². The van der Waals surface area contributed by atoms with Crippen molar-refractivity contribution >= 4 is 5.91 Å². The third kappa shape index (κ3) is 2.09. The first-order chi connectivity index (χ1) is 7.56. The molecule has 0 unspecified atom stereocenters. The summed E-state index contributed by atoms with van der Waals surface area (Å²) in [6, 6.07) is -0.359. The van der Waals surface area contributed by atoms with Crippen LogP contribution in [0.5, 0.6) is 0 Å². The van der Waals surface area contributed by atoms with Crippen LogP contribution >= 0.6 is 0 Å². The van der Waals surface area contributed by atoms with E-state index in [4.69, 9.17) is 11.5 Å². The second kappa shape index (κ2) is 4.34. The van der Waals surface area contributed by atoms with Crippen LogP contribution in [0.2, 0.25) is 0 Å². The fourth-order valence-corrected chi connectivity index (χ4v) is 3.31.